The van der Waals surface area contributed by atoms with E-state index in [4.69, 9.17) is 11.6 Å². The van der Waals surface area contributed by atoms with Gasteiger partial charge >= 0.3 is 0 Å². The van der Waals surface area contributed by atoms with E-state index in [0.717, 1.165) is 20.9 Å². The zero-order valence-corrected chi connectivity index (χ0v) is 12.1. The Morgan fingerprint density at radius 2 is 2.05 bits per heavy atom. The maximum absolute atomic E-state index is 9.45. The van der Waals surface area contributed by atoms with Crippen molar-refractivity contribution in [3.63, 3.8) is 0 Å². The van der Waals surface area contributed by atoms with Crippen molar-refractivity contribution < 1.29 is 0 Å². The van der Waals surface area contributed by atoms with Crippen LogP contribution in [0.4, 0.5) is 0 Å². The average Bonchev–Trinajstić information content (AvgIpc) is 2.81. The van der Waals surface area contributed by atoms with Crippen LogP contribution in [0.15, 0.2) is 30.3 Å². The molecule has 0 radical (unpaired) electrons. The lowest BCUT2D eigenvalue weighted by molar-refractivity contribution is 0.922. The van der Waals surface area contributed by atoms with Crippen LogP contribution < -0.4 is 0 Å². The highest BCUT2D eigenvalue weighted by Crippen LogP contribution is 2.31. The van der Waals surface area contributed by atoms with Crippen LogP contribution in [0.5, 0.6) is 0 Å². The van der Waals surface area contributed by atoms with E-state index in [-0.39, 0.29) is 5.28 Å². The number of hydrogen-bond acceptors (Lipinski definition) is 5. The molecule has 0 saturated heterocycles. The number of thiazole rings is 1. The van der Waals surface area contributed by atoms with Gasteiger partial charge in [0.25, 0.3) is 0 Å². The molecule has 2 aromatic heterocycles. The zero-order chi connectivity index (χ0) is 14.1. The fourth-order valence-electron chi connectivity index (χ4n) is 1.96. The monoisotopic (exact) mass is 300 g/mol. The van der Waals surface area contributed by atoms with Crippen molar-refractivity contribution in [1.82, 2.24) is 15.0 Å². The first kappa shape index (κ1) is 13.0. The molecule has 0 unspecified atom stereocenters. The third-order valence-electron chi connectivity index (χ3n) is 2.83. The minimum absolute atomic E-state index is 0.154. The summed E-state index contributed by atoms with van der Waals surface area (Å²) < 4.78 is 1.06. The molecule has 0 aliphatic carbocycles. The largest absolute Gasteiger partial charge is 0.239 e. The molecule has 4 nitrogen and oxygen atoms in total. The summed E-state index contributed by atoms with van der Waals surface area (Å²) in [6, 6.07) is 11.8. The predicted octanol–water partition coefficient (Wildman–Crippen LogP) is 3.70. The fourth-order valence-corrected chi connectivity index (χ4v) is 3.22. The predicted molar refractivity (Wildman–Crippen MR) is 78.9 cm³/mol. The Balaban J connectivity index is 2.11. The molecular formula is C14H9ClN4S. The highest BCUT2D eigenvalue weighted by atomic mass is 35.5. The number of halogens is 1. The zero-order valence-electron chi connectivity index (χ0n) is 10.5. The Labute approximate surface area is 124 Å². The molecule has 20 heavy (non-hydrogen) atoms. The van der Waals surface area contributed by atoms with Crippen LogP contribution in [0.25, 0.3) is 10.2 Å². The number of rotatable bonds is 2. The van der Waals surface area contributed by atoms with Crippen LogP contribution in [0, 0.1) is 18.3 Å². The van der Waals surface area contributed by atoms with Crippen LogP contribution >= 0.6 is 22.9 Å². The molecule has 0 aliphatic heterocycles. The van der Waals surface area contributed by atoms with E-state index in [1.54, 1.807) is 6.07 Å². The van der Waals surface area contributed by atoms with E-state index < -0.39 is 5.92 Å². The Kier molecular flexibility index (Phi) is 3.35. The number of benzene rings is 1. The average molecular weight is 301 g/mol. The molecule has 0 saturated carbocycles. The minimum atomic E-state index is -0.522. The van der Waals surface area contributed by atoms with Gasteiger partial charge in [-0.25, -0.2) is 15.0 Å². The first-order chi connectivity index (χ1) is 9.67. The lowest BCUT2D eigenvalue weighted by Gasteiger charge is -2.06. The maximum atomic E-state index is 9.45. The summed E-state index contributed by atoms with van der Waals surface area (Å²) in [7, 11) is 0. The Morgan fingerprint density at radius 3 is 2.75 bits per heavy atom. The summed E-state index contributed by atoms with van der Waals surface area (Å²) in [6.07, 6.45) is 0. The van der Waals surface area contributed by atoms with Crippen LogP contribution in [0.3, 0.4) is 0 Å². The molecule has 3 rings (SSSR count). The molecular weight excluding hydrogens is 292 g/mol. The number of aromatic nitrogens is 3. The second-order valence-electron chi connectivity index (χ2n) is 4.29. The highest BCUT2D eigenvalue weighted by Gasteiger charge is 2.20. The van der Waals surface area contributed by atoms with E-state index in [9.17, 15) is 5.26 Å². The summed E-state index contributed by atoms with van der Waals surface area (Å²) >= 11 is 7.37. The highest BCUT2D eigenvalue weighted by molar-refractivity contribution is 7.18. The van der Waals surface area contributed by atoms with Crippen LogP contribution in [0.1, 0.15) is 22.3 Å². The number of nitriles is 1. The van der Waals surface area contributed by atoms with Gasteiger partial charge in [0, 0.05) is 5.69 Å². The lowest BCUT2D eigenvalue weighted by Crippen LogP contribution is -2.03. The fraction of sp³-hybridized carbons (Fsp3) is 0.143. The third-order valence-corrected chi connectivity index (χ3v) is 4.10. The normalized spacial score (nSPS) is 12.2. The van der Waals surface area contributed by atoms with Gasteiger partial charge in [0.1, 0.15) is 10.9 Å². The van der Waals surface area contributed by atoms with Crippen LogP contribution in [-0.2, 0) is 0 Å². The van der Waals surface area contributed by atoms with Crippen LogP contribution in [0.2, 0.25) is 5.28 Å². The summed E-state index contributed by atoms with van der Waals surface area (Å²) in [6.45, 7) is 1.82. The van der Waals surface area contributed by atoms with Gasteiger partial charge in [-0.15, -0.1) is 11.3 Å². The number of aryl methyl sites for hydroxylation is 1. The van der Waals surface area contributed by atoms with Crippen molar-refractivity contribution >= 4 is 33.2 Å². The van der Waals surface area contributed by atoms with Crippen molar-refractivity contribution in [2.75, 3.05) is 0 Å². The quantitative estimate of drug-likeness (QED) is 0.677. The smallest absolute Gasteiger partial charge is 0.222 e. The SMILES string of the molecule is Cc1cc([C@H](C#N)c2nc3ccccc3s2)nc(Cl)n1. The molecule has 0 fully saturated rings. The first-order valence-electron chi connectivity index (χ1n) is 5.93. The molecule has 98 valence electrons. The molecule has 6 heteroatoms. The number of fused-ring (bicyclic) bond motifs is 1. The first-order valence-corrected chi connectivity index (χ1v) is 7.13. The molecule has 2 heterocycles. The molecule has 0 bridgehead atoms. The summed E-state index contributed by atoms with van der Waals surface area (Å²) in [4.78, 5) is 12.7. The van der Waals surface area contributed by atoms with Gasteiger partial charge in [-0.05, 0) is 36.7 Å². The maximum Gasteiger partial charge on any atom is 0.222 e. The van der Waals surface area contributed by atoms with Gasteiger partial charge in [-0.3, -0.25) is 0 Å². The van der Waals surface area contributed by atoms with Gasteiger partial charge < -0.3 is 0 Å². The Bertz CT molecular complexity index is 768. The van der Waals surface area contributed by atoms with Crippen molar-refractivity contribution in [3.8, 4) is 6.07 Å². The van der Waals surface area contributed by atoms with E-state index in [0.29, 0.717) is 5.69 Å². The van der Waals surface area contributed by atoms with Gasteiger partial charge in [0.15, 0.2) is 0 Å². The molecule has 1 atom stereocenters. The third kappa shape index (κ3) is 2.36. The van der Waals surface area contributed by atoms with E-state index in [2.05, 4.69) is 21.0 Å². The summed E-state index contributed by atoms with van der Waals surface area (Å²) in [5, 5.41) is 10.3. The van der Waals surface area contributed by atoms with E-state index >= 15 is 0 Å². The van der Waals surface area contributed by atoms with Gasteiger partial charge in [-0.1, -0.05) is 12.1 Å². The number of hydrogen-bond donors (Lipinski definition) is 0. The van der Waals surface area contributed by atoms with Gasteiger partial charge in [0.2, 0.25) is 5.28 Å². The van der Waals surface area contributed by atoms with Crippen molar-refractivity contribution in [3.05, 3.63) is 52.0 Å². The van der Waals surface area contributed by atoms with Crippen LogP contribution in [-0.4, -0.2) is 15.0 Å². The summed E-state index contributed by atoms with van der Waals surface area (Å²) in [5.74, 6) is -0.522. The van der Waals surface area contributed by atoms with Gasteiger partial charge in [-0.2, -0.15) is 5.26 Å². The standard InChI is InChI=1S/C14H9ClN4S/c1-8-6-11(19-14(15)17-8)9(7-16)13-18-10-4-2-3-5-12(10)20-13/h2-6,9H,1H3/t9-/m0/s1. The Morgan fingerprint density at radius 1 is 1.25 bits per heavy atom. The summed E-state index contributed by atoms with van der Waals surface area (Å²) in [5.41, 5.74) is 2.22. The van der Waals surface area contributed by atoms with Crippen molar-refractivity contribution in [2.24, 2.45) is 0 Å². The lowest BCUT2D eigenvalue weighted by atomic mass is 10.1. The molecule has 1 aromatic carbocycles. The van der Waals surface area contributed by atoms with E-state index in [1.807, 2.05) is 31.2 Å². The Hall–Kier alpha value is -2.03. The number of nitrogens with zero attached hydrogens (tertiary/aromatic N) is 4. The molecule has 0 N–H and O–H groups in total. The minimum Gasteiger partial charge on any atom is -0.239 e. The number of para-hydroxylation sites is 1. The van der Waals surface area contributed by atoms with Gasteiger partial charge in [0.05, 0.1) is 22.0 Å². The topological polar surface area (TPSA) is 62.5 Å². The van der Waals surface area contributed by atoms with E-state index in [1.165, 1.54) is 11.3 Å². The van der Waals surface area contributed by atoms with Crippen molar-refractivity contribution in [2.45, 2.75) is 12.8 Å². The second-order valence-corrected chi connectivity index (χ2v) is 5.69. The molecule has 0 amide bonds. The van der Waals surface area contributed by atoms with Crippen molar-refractivity contribution in [1.29, 1.82) is 5.26 Å². The second kappa shape index (κ2) is 5.16. The molecule has 0 spiro atoms. The molecule has 0 aliphatic rings. The molecule has 3 aromatic rings.